The van der Waals surface area contributed by atoms with Crippen LogP contribution in [0.5, 0.6) is 0 Å². The van der Waals surface area contributed by atoms with Gasteiger partial charge in [-0.25, -0.2) is 0 Å². The molecule has 0 aromatic heterocycles. The number of carbonyl (C=O) groups is 2. The molecule has 0 radical (unpaired) electrons. The van der Waals surface area contributed by atoms with Crippen LogP contribution in [0, 0.1) is 0 Å². The van der Waals surface area contributed by atoms with Crippen molar-refractivity contribution < 1.29 is 14.3 Å². The summed E-state index contributed by atoms with van der Waals surface area (Å²) in [7, 11) is 1.77. The lowest BCUT2D eigenvalue weighted by atomic mass is 9.99. The van der Waals surface area contributed by atoms with Crippen LogP contribution in [0.15, 0.2) is 24.3 Å². The molecule has 2 amide bonds. The van der Waals surface area contributed by atoms with Crippen molar-refractivity contribution in [1.29, 1.82) is 0 Å². The zero-order valence-corrected chi connectivity index (χ0v) is 12.2. The third-order valence-electron chi connectivity index (χ3n) is 4.19. The van der Waals surface area contributed by atoms with E-state index in [9.17, 15) is 9.59 Å². The lowest BCUT2D eigenvalue weighted by Gasteiger charge is -2.30. The van der Waals surface area contributed by atoms with Gasteiger partial charge in [-0.05, 0) is 17.5 Å². The van der Waals surface area contributed by atoms with Gasteiger partial charge in [0.25, 0.3) is 0 Å². The highest BCUT2D eigenvalue weighted by Crippen LogP contribution is 2.21. The molecule has 3 rings (SSSR count). The van der Waals surface area contributed by atoms with Crippen molar-refractivity contribution in [1.82, 2.24) is 10.2 Å². The molecular formula is C16H20N2O3. The van der Waals surface area contributed by atoms with Crippen molar-refractivity contribution in [3.63, 3.8) is 0 Å². The normalized spacial score (nSPS) is 24.3. The maximum atomic E-state index is 12.3. The summed E-state index contributed by atoms with van der Waals surface area (Å²) in [5, 5.41) is 2.72. The number of hydrogen-bond acceptors (Lipinski definition) is 3. The summed E-state index contributed by atoms with van der Waals surface area (Å²) in [6.07, 6.45) is 1.88. The second-order valence-electron chi connectivity index (χ2n) is 5.78. The summed E-state index contributed by atoms with van der Waals surface area (Å²) in [6.45, 7) is 1.16. The summed E-state index contributed by atoms with van der Waals surface area (Å²) in [5.41, 5.74) is 2.52. The predicted molar refractivity (Wildman–Crippen MR) is 77.5 cm³/mol. The largest absolute Gasteiger partial charge is 0.371 e. The van der Waals surface area contributed by atoms with Gasteiger partial charge in [0.15, 0.2) is 0 Å². The molecule has 2 aliphatic heterocycles. The molecule has 21 heavy (non-hydrogen) atoms. The van der Waals surface area contributed by atoms with Crippen molar-refractivity contribution in [3.05, 3.63) is 35.4 Å². The maximum absolute atomic E-state index is 12.3. The van der Waals surface area contributed by atoms with Crippen molar-refractivity contribution >= 4 is 11.8 Å². The van der Waals surface area contributed by atoms with E-state index in [1.807, 2.05) is 12.1 Å². The molecule has 0 unspecified atom stereocenters. The zero-order chi connectivity index (χ0) is 14.8. The molecule has 5 heteroatoms. The van der Waals surface area contributed by atoms with E-state index in [4.69, 9.17) is 4.74 Å². The predicted octanol–water partition coefficient (Wildman–Crippen LogP) is 0.865. The van der Waals surface area contributed by atoms with Gasteiger partial charge in [0, 0.05) is 26.4 Å². The van der Waals surface area contributed by atoms with Crippen LogP contribution in [0.25, 0.3) is 0 Å². The quantitative estimate of drug-likeness (QED) is 0.897. The third kappa shape index (κ3) is 3.08. The fourth-order valence-electron chi connectivity index (χ4n) is 2.99. The van der Waals surface area contributed by atoms with Gasteiger partial charge in [-0.3, -0.25) is 9.59 Å². The van der Waals surface area contributed by atoms with Crippen LogP contribution in [-0.4, -0.2) is 42.5 Å². The fourth-order valence-corrected chi connectivity index (χ4v) is 2.99. The average molecular weight is 288 g/mol. The first-order valence-electron chi connectivity index (χ1n) is 7.36. The molecule has 1 saturated heterocycles. The lowest BCUT2D eigenvalue weighted by molar-refractivity contribution is -0.135. The van der Waals surface area contributed by atoms with Crippen molar-refractivity contribution in [3.8, 4) is 0 Å². The molecule has 0 bridgehead atoms. The lowest BCUT2D eigenvalue weighted by Crippen LogP contribution is -2.46. The fraction of sp³-hybridized carbons (Fsp3) is 0.500. The van der Waals surface area contributed by atoms with E-state index in [2.05, 4.69) is 17.4 Å². The van der Waals surface area contributed by atoms with Crippen LogP contribution in [0.3, 0.4) is 0 Å². The van der Waals surface area contributed by atoms with Crippen LogP contribution in [0.2, 0.25) is 0 Å². The van der Waals surface area contributed by atoms with Crippen LogP contribution < -0.4 is 5.32 Å². The molecule has 2 aliphatic rings. The van der Waals surface area contributed by atoms with Crippen molar-refractivity contribution in [2.75, 3.05) is 13.6 Å². The minimum absolute atomic E-state index is 0.0194. The number of rotatable bonds is 3. The summed E-state index contributed by atoms with van der Waals surface area (Å²) in [6, 6.07) is 7.88. The summed E-state index contributed by atoms with van der Waals surface area (Å²) in [4.78, 5) is 25.1. The van der Waals surface area contributed by atoms with E-state index in [1.54, 1.807) is 11.9 Å². The summed E-state index contributed by atoms with van der Waals surface area (Å²) in [5.74, 6) is -0.0621. The van der Waals surface area contributed by atoms with Gasteiger partial charge in [0.2, 0.25) is 11.8 Å². The number of carbonyl (C=O) groups excluding carboxylic acids is 2. The minimum Gasteiger partial charge on any atom is -0.371 e. The van der Waals surface area contributed by atoms with E-state index in [-0.39, 0.29) is 24.0 Å². The monoisotopic (exact) mass is 288 g/mol. The van der Waals surface area contributed by atoms with Crippen LogP contribution in [-0.2, 0) is 27.4 Å². The Morgan fingerprint density at radius 2 is 2.14 bits per heavy atom. The van der Waals surface area contributed by atoms with E-state index in [0.717, 1.165) is 6.42 Å². The minimum atomic E-state index is -0.363. The first kappa shape index (κ1) is 14.1. The Bertz CT molecular complexity index is 558. The van der Waals surface area contributed by atoms with E-state index < -0.39 is 0 Å². The second kappa shape index (κ2) is 5.85. The molecule has 2 atom stereocenters. The van der Waals surface area contributed by atoms with E-state index in [1.165, 1.54) is 11.1 Å². The van der Waals surface area contributed by atoms with Crippen LogP contribution in [0.4, 0.5) is 0 Å². The molecule has 2 heterocycles. The van der Waals surface area contributed by atoms with Gasteiger partial charge in [-0.15, -0.1) is 0 Å². The van der Waals surface area contributed by atoms with Gasteiger partial charge in [-0.1, -0.05) is 24.3 Å². The smallest absolute Gasteiger partial charge is 0.244 e. The van der Waals surface area contributed by atoms with Crippen LogP contribution in [0.1, 0.15) is 24.0 Å². The Balaban J connectivity index is 1.57. The number of amides is 2. The number of nitrogens with zero attached hydrogens (tertiary/aromatic N) is 1. The molecule has 1 aromatic carbocycles. The Hall–Kier alpha value is -1.88. The summed E-state index contributed by atoms with van der Waals surface area (Å²) < 4.78 is 5.83. The molecule has 0 spiro atoms. The zero-order valence-electron chi connectivity index (χ0n) is 12.2. The first-order valence-corrected chi connectivity index (χ1v) is 7.36. The van der Waals surface area contributed by atoms with Crippen LogP contribution >= 0.6 is 0 Å². The molecular weight excluding hydrogens is 268 g/mol. The van der Waals surface area contributed by atoms with Gasteiger partial charge in [0.05, 0.1) is 12.7 Å². The number of ether oxygens (including phenoxy) is 1. The topological polar surface area (TPSA) is 58.6 Å². The average Bonchev–Trinajstić information content (AvgIpc) is 2.93. The van der Waals surface area contributed by atoms with Gasteiger partial charge in [0.1, 0.15) is 6.04 Å². The Labute approximate surface area is 124 Å². The highest BCUT2D eigenvalue weighted by atomic mass is 16.5. The standard InChI is InChI=1S/C16H20N2O3/c1-18(16(20)14-6-7-15(19)17-14)9-13-8-11-4-2-3-5-12(11)10-21-13/h2-5,13-14H,6-10H2,1H3,(H,17,19)/t13-,14-/m1/s1. The second-order valence-corrected chi connectivity index (χ2v) is 5.78. The number of fused-ring (bicyclic) bond motifs is 1. The highest BCUT2D eigenvalue weighted by molar-refractivity contribution is 5.90. The number of benzene rings is 1. The molecule has 1 N–H and O–H groups in total. The number of hydrogen-bond donors (Lipinski definition) is 1. The van der Waals surface area contributed by atoms with Gasteiger partial charge >= 0.3 is 0 Å². The molecule has 0 aliphatic carbocycles. The van der Waals surface area contributed by atoms with Gasteiger partial charge < -0.3 is 15.0 Å². The summed E-state index contributed by atoms with van der Waals surface area (Å²) >= 11 is 0. The highest BCUT2D eigenvalue weighted by Gasteiger charge is 2.31. The number of likely N-dealkylation sites (N-methyl/N-ethyl adjacent to an activating group) is 1. The van der Waals surface area contributed by atoms with E-state index in [0.29, 0.717) is 26.0 Å². The Morgan fingerprint density at radius 3 is 2.86 bits per heavy atom. The molecule has 0 saturated carbocycles. The van der Waals surface area contributed by atoms with E-state index >= 15 is 0 Å². The molecule has 1 fully saturated rings. The third-order valence-corrected chi connectivity index (χ3v) is 4.19. The molecule has 5 nitrogen and oxygen atoms in total. The maximum Gasteiger partial charge on any atom is 0.244 e. The van der Waals surface area contributed by atoms with Crippen molar-refractivity contribution in [2.45, 2.75) is 38.0 Å². The number of nitrogens with one attached hydrogen (secondary N) is 1. The Morgan fingerprint density at radius 1 is 1.38 bits per heavy atom. The SMILES string of the molecule is CN(C[C@H]1Cc2ccccc2CO1)C(=O)[C@H]1CCC(=O)N1. The van der Waals surface area contributed by atoms with Crippen molar-refractivity contribution in [2.24, 2.45) is 0 Å². The Kier molecular flexibility index (Phi) is 3.92. The van der Waals surface area contributed by atoms with Gasteiger partial charge in [-0.2, -0.15) is 0 Å². The molecule has 1 aromatic rings. The molecule has 112 valence electrons. The first-order chi connectivity index (χ1) is 10.1.